The predicted molar refractivity (Wildman–Crippen MR) is 113 cm³/mol. The molecule has 0 fully saturated rings. The Kier molecular flexibility index (Phi) is 10.0. The molecule has 0 heterocycles. The van der Waals surface area contributed by atoms with Gasteiger partial charge >= 0.3 is 0 Å². The molecule has 11 heteroatoms. The number of anilines is 1. The van der Waals surface area contributed by atoms with E-state index in [1.54, 1.807) is 24.3 Å². The van der Waals surface area contributed by atoms with E-state index in [2.05, 4.69) is 10.6 Å². The van der Waals surface area contributed by atoms with Crippen LogP contribution in [-0.2, 0) is 11.3 Å². The first kappa shape index (κ1) is 24.3. The molecule has 0 radical (unpaired) electrons. The molecule has 0 aromatic heterocycles. The first-order valence-electron chi connectivity index (χ1n) is 8.37. The Balaban J connectivity index is 0.00000420. The number of rotatable bonds is 11. The van der Waals surface area contributed by atoms with Gasteiger partial charge in [0.05, 0.1) is 17.1 Å². The number of nitro groups is 1. The van der Waals surface area contributed by atoms with Crippen molar-refractivity contribution in [2.45, 2.75) is 6.54 Å². The fourth-order valence-corrected chi connectivity index (χ4v) is 2.68. The second-order valence-corrected chi connectivity index (χ2v) is 6.18. The zero-order valence-electron chi connectivity index (χ0n) is 15.6. The first-order chi connectivity index (χ1) is 13.4. The standard InChI is InChI=1S/C18H21ClN4O5.ClH/c1-27-16-9-12(8-15(19)18(16)28-11-17(20)24)10-21-6-7-22-13-2-4-14(5-3-13)23(25)26;/h2-5,8-9,21-22H,6-7,10-11H2,1H3,(H2,20,24);1H. The molecule has 2 aromatic rings. The fourth-order valence-electron chi connectivity index (χ4n) is 2.39. The second kappa shape index (κ2) is 11.9. The van der Waals surface area contributed by atoms with E-state index in [0.717, 1.165) is 11.3 Å². The Hall–Kier alpha value is -2.75. The number of benzene rings is 2. The molecule has 2 aromatic carbocycles. The van der Waals surface area contributed by atoms with Gasteiger partial charge in [0.15, 0.2) is 18.1 Å². The third kappa shape index (κ3) is 7.65. The van der Waals surface area contributed by atoms with E-state index in [9.17, 15) is 14.9 Å². The van der Waals surface area contributed by atoms with Crippen LogP contribution in [0.5, 0.6) is 11.5 Å². The van der Waals surface area contributed by atoms with Crippen LogP contribution in [0.25, 0.3) is 0 Å². The molecule has 29 heavy (non-hydrogen) atoms. The zero-order chi connectivity index (χ0) is 20.5. The number of methoxy groups -OCH3 is 1. The summed E-state index contributed by atoms with van der Waals surface area (Å²) < 4.78 is 10.5. The van der Waals surface area contributed by atoms with Crippen molar-refractivity contribution in [2.75, 3.05) is 32.1 Å². The van der Waals surface area contributed by atoms with E-state index in [1.165, 1.54) is 19.2 Å². The van der Waals surface area contributed by atoms with E-state index in [4.69, 9.17) is 26.8 Å². The number of amides is 1. The summed E-state index contributed by atoms with van der Waals surface area (Å²) in [6.07, 6.45) is 0. The summed E-state index contributed by atoms with van der Waals surface area (Å²) in [5.41, 5.74) is 6.81. The van der Waals surface area contributed by atoms with Crippen LogP contribution < -0.4 is 25.8 Å². The van der Waals surface area contributed by atoms with Gasteiger partial charge in [-0.15, -0.1) is 12.4 Å². The Labute approximate surface area is 179 Å². The highest BCUT2D eigenvalue weighted by Crippen LogP contribution is 2.36. The minimum absolute atomic E-state index is 0. The SMILES string of the molecule is COc1cc(CNCCNc2ccc([N+](=O)[O-])cc2)cc(Cl)c1OCC(N)=O.Cl. The Morgan fingerprint density at radius 1 is 1.24 bits per heavy atom. The maximum Gasteiger partial charge on any atom is 0.269 e. The van der Waals surface area contributed by atoms with E-state index in [-0.39, 0.29) is 30.5 Å². The zero-order valence-corrected chi connectivity index (χ0v) is 17.2. The number of nitrogens with one attached hydrogen (secondary N) is 2. The molecular weight excluding hydrogens is 423 g/mol. The van der Waals surface area contributed by atoms with Gasteiger partial charge in [0.1, 0.15) is 0 Å². The third-order valence-corrected chi connectivity index (χ3v) is 3.97. The number of halogens is 2. The number of nitrogens with zero attached hydrogens (tertiary/aromatic N) is 1. The molecule has 0 aliphatic carbocycles. The normalized spacial score (nSPS) is 10.0. The molecule has 4 N–H and O–H groups in total. The molecule has 1 amide bonds. The summed E-state index contributed by atoms with van der Waals surface area (Å²) in [7, 11) is 1.48. The number of nitrogens with two attached hydrogens (primary N) is 1. The van der Waals surface area contributed by atoms with Crippen molar-refractivity contribution in [3.63, 3.8) is 0 Å². The van der Waals surface area contributed by atoms with Gasteiger partial charge < -0.3 is 25.8 Å². The number of nitro benzene ring substituents is 1. The van der Waals surface area contributed by atoms with Crippen LogP contribution in [0.2, 0.25) is 5.02 Å². The van der Waals surface area contributed by atoms with E-state index in [1.807, 2.05) is 0 Å². The van der Waals surface area contributed by atoms with Crippen LogP contribution >= 0.6 is 24.0 Å². The molecule has 0 aliphatic heterocycles. The van der Waals surface area contributed by atoms with Crippen LogP contribution in [0, 0.1) is 10.1 Å². The first-order valence-corrected chi connectivity index (χ1v) is 8.75. The molecule has 0 spiro atoms. The van der Waals surface area contributed by atoms with Crippen molar-refractivity contribution in [3.05, 3.63) is 57.1 Å². The van der Waals surface area contributed by atoms with E-state index < -0.39 is 10.8 Å². The summed E-state index contributed by atoms with van der Waals surface area (Å²) >= 11 is 6.21. The minimum atomic E-state index is -0.607. The van der Waals surface area contributed by atoms with Crippen molar-refractivity contribution in [2.24, 2.45) is 5.73 Å². The molecule has 0 bridgehead atoms. The maximum atomic E-state index is 10.9. The highest BCUT2D eigenvalue weighted by molar-refractivity contribution is 6.32. The van der Waals surface area contributed by atoms with Gasteiger partial charge in [-0.05, 0) is 29.8 Å². The van der Waals surface area contributed by atoms with Gasteiger partial charge in [0, 0.05) is 37.5 Å². The monoisotopic (exact) mass is 444 g/mol. The van der Waals surface area contributed by atoms with Crippen molar-refractivity contribution in [1.82, 2.24) is 5.32 Å². The Morgan fingerprint density at radius 3 is 2.52 bits per heavy atom. The molecule has 0 saturated heterocycles. The lowest BCUT2D eigenvalue weighted by atomic mass is 10.2. The largest absolute Gasteiger partial charge is 0.493 e. The van der Waals surface area contributed by atoms with E-state index in [0.29, 0.717) is 30.4 Å². The van der Waals surface area contributed by atoms with Gasteiger partial charge in [-0.2, -0.15) is 0 Å². The maximum absolute atomic E-state index is 10.9. The van der Waals surface area contributed by atoms with Crippen molar-refractivity contribution >= 4 is 41.3 Å². The lowest BCUT2D eigenvalue weighted by Crippen LogP contribution is -2.22. The lowest BCUT2D eigenvalue weighted by Gasteiger charge is -2.14. The van der Waals surface area contributed by atoms with E-state index >= 15 is 0 Å². The summed E-state index contributed by atoms with van der Waals surface area (Å²) in [5, 5.41) is 17.4. The quantitative estimate of drug-likeness (QED) is 0.276. The topological polar surface area (TPSA) is 129 Å². The molecule has 0 aliphatic rings. The number of hydrogen-bond donors (Lipinski definition) is 3. The smallest absolute Gasteiger partial charge is 0.269 e. The molecule has 9 nitrogen and oxygen atoms in total. The van der Waals surface area contributed by atoms with Crippen LogP contribution in [-0.4, -0.2) is 37.6 Å². The average Bonchev–Trinajstić information content (AvgIpc) is 2.66. The van der Waals surface area contributed by atoms with Crippen LogP contribution in [0.1, 0.15) is 5.56 Å². The molecule has 0 saturated carbocycles. The number of ether oxygens (including phenoxy) is 2. The van der Waals surface area contributed by atoms with Gasteiger partial charge in [0.2, 0.25) is 0 Å². The summed E-state index contributed by atoms with van der Waals surface area (Å²) in [4.78, 5) is 21.1. The number of hydrogen-bond acceptors (Lipinski definition) is 7. The highest BCUT2D eigenvalue weighted by atomic mass is 35.5. The average molecular weight is 445 g/mol. The molecule has 158 valence electrons. The number of carbonyl (C=O) groups excluding carboxylic acids is 1. The summed E-state index contributed by atoms with van der Waals surface area (Å²) in [5.74, 6) is 0.0745. The van der Waals surface area contributed by atoms with Crippen molar-refractivity contribution in [3.8, 4) is 11.5 Å². The van der Waals surface area contributed by atoms with Gasteiger partial charge in [-0.1, -0.05) is 11.6 Å². The van der Waals surface area contributed by atoms with Gasteiger partial charge in [0.25, 0.3) is 11.6 Å². The second-order valence-electron chi connectivity index (χ2n) is 5.77. The van der Waals surface area contributed by atoms with Crippen molar-refractivity contribution < 1.29 is 19.2 Å². The van der Waals surface area contributed by atoms with Gasteiger partial charge in [-0.25, -0.2) is 0 Å². The highest BCUT2D eigenvalue weighted by Gasteiger charge is 2.13. The van der Waals surface area contributed by atoms with Crippen LogP contribution in [0.3, 0.4) is 0 Å². The Bertz CT molecular complexity index is 834. The summed E-state index contributed by atoms with van der Waals surface area (Å²) in [6.45, 7) is 1.52. The van der Waals surface area contributed by atoms with Crippen LogP contribution in [0.4, 0.5) is 11.4 Å². The van der Waals surface area contributed by atoms with Crippen LogP contribution in [0.15, 0.2) is 36.4 Å². The van der Waals surface area contributed by atoms with Crippen molar-refractivity contribution in [1.29, 1.82) is 0 Å². The number of carbonyl (C=O) groups is 1. The third-order valence-electron chi connectivity index (χ3n) is 3.69. The molecular formula is C18H22Cl2N4O5. The Morgan fingerprint density at radius 2 is 1.93 bits per heavy atom. The lowest BCUT2D eigenvalue weighted by molar-refractivity contribution is -0.384. The minimum Gasteiger partial charge on any atom is -0.493 e. The fraction of sp³-hybridized carbons (Fsp3) is 0.278. The predicted octanol–water partition coefficient (Wildman–Crippen LogP) is 2.74. The van der Waals surface area contributed by atoms with Gasteiger partial charge in [-0.3, -0.25) is 14.9 Å². The molecule has 0 atom stereocenters. The number of non-ortho nitro benzene ring substituents is 1. The summed E-state index contributed by atoms with van der Waals surface area (Å²) in [6, 6.07) is 9.70. The molecule has 2 rings (SSSR count). The number of primary amides is 1. The molecule has 0 unspecified atom stereocenters.